The molecule has 1 saturated heterocycles. The summed E-state index contributed by atoms with van der Waals surface area (Å²) < 4.78 is 3.14. The molecule has 0 aliphatic carbocycles. The van der Waals surface area contributed by atoms with Gasteiger partial charge in [-0.3, -0.25) is 4.79 Å². The Hall–Kier alpha value is -2.09. The van der Waals surface area contributed by atoms with E-state index in [0.29, 0.717) is 17.4 Å². The lowest BCUT2D eigenvalue weighted by Crippen LogP contribution is -2.43. The van der Waals surface area contributed by atoms with Crippen LogP contribution in [-0.2, 0) is 7.05 Å². The molecule has 2 aromatic rings. The average molecular weight is 233 g/mol. The molecule has 0 aromatic carbocycles. The zero-order valence-corrected chi connectivity index (χ0v) is 9.24. The summed E-state index contributed by atoms with van der Waals surface area (Å²) in [6.45, 7) is 1.73. The highest BCUT2D eigenvalue weighted by Crippen LogP contribution is 2.11. The van der Waals surface area contributed by atoms with E-state index in [9.17, 15) is 4.79 Å². The summed E-state index contributed by atoms with van der Waals surface area (Å²) in [7, 11) is 1.67. The van der Waals surface area contributed by atoms with Gasteiger partial charge in [-0.25, -0.2) is 9.36 Å². The third-order valence-corrected chi connectivity index (χ3v) is 2.82. The molecule has 0 spiro atoms. The Kier molecular flexibility index (Phi) is 2.22. The second-order valence-electron chi connectivity index (χ2n) is 3.97. The smallest absolute Gasteiger partial charge is 0.234 e. The molecule has 8 nitrogen and oxygen atoms in total. The fraction of sp³-hybridized carbons (Fsp3) is 0.444. The lowest BCUT2D eigenvalue weighted by atomic mass is 10.2. The highest BCUT2D eigenvalue weighted by molar-refractivity contribution is 6.06. The minimum Gasteiger partial charge on any atom is -0.312 e. The molecule has 3 heterocycles. The van der Waals surface area contributed by atoms with Gasteiger partial charge in [0.05, 0.1) is 18.4 Å². The number of carbonyl (C=O) groups is 1. The van der Waals surface area contributed by atoms with Crippen LogP contribution in [0.15, 0.2) is 12.4 Å². The van der Waals surface area contributed by atoms with E-state index in [1.165, 1.54) is 10.9 Å². The normalized spacial score (nSPS) is 15.8. The molecule has 0 atom stereocenters. The number of nitrogens with one attached hydrogen (secondary N) is 1. The maximum Gasteiger partial charge on any atom is 0.234 e. The van der Waals surface area contributed by atoms with E-state index in [0.717, 1.165) is 13.1 Å². The van der Waals surface area contributed by atoms with Crippen LogP contribution in [0.1, 0.15) is 22.2 Å². The fourth-order valence-electron chi connectivity index (χ4n) is 1.65. The largest absolute Gasteiger partial charge is 0.312 e. The molecular formula is C9H11N7O. The van der Waals surface area contributed by atoms with Crippen LogP contribution < -0.4 is 5.32 Å². The standard InChI is InChI=1S/C9H11N7O/c1-15-8(4-11-13-15)9(17)7-5-16(14-12-7)6-2-10-3-6/h4-6,10H,2-3H2,1H3. The Morgan fingerprint density at radius 3 is 2.88 bits per heavy atom. The Morgan fingerprint density at radius 1 is 1.47 bits per heavy atom. The maximum atomic E-state index is 12.0. The molecule has 3 rings (SSSR count). The number of rotatable bonds is 3. The van der Waals surface area contributed by atoms with Crippen molar-refractivity contribution < 1.29 is 4.79 Å². The molecule has 0 radical (unpaired) electrons. The van der Waals surface area contributed by atoms with Crippen molar-refractivity contribution in [3.63, 3.8) is 0 Å². The molecule has 17 heavy (non-hydrogen) atoms. The summed E-state index contributed by atoms with van der Waals surface area (Å²) in [5.41, 5.74) is 0.728. The number of ketones is 1. The minimum atomic E-state index is -0.212. The summed E-state index contributed by atoms with van der Waals surface area (Å²) in [5.74, 6) is -0.212. The predicted molar refractivity (Wildman–Crippen MR) is 56.4 cm³/mol. The van der Waals surface area contributed by atoms with Crippen molar-refractivity contribution in [2.24, 2.45) is 7.05 Å². The monoisotopic (exact) mass is 233 g/mol. The molecule has 1 N–H and O–H groups in total. The number of nitrogens with zero attached hydrogens (tertiary/aromatic N) is 6. The van der Waals surface area contributed by atoms with E-state index in [2.05, 4.69) is 25.9 Å². The Morgan fingerprint density at radius 2 is 2.29 bits per heavy atom. The van der Waals surface area contributed by atoms with Crippen molar-refractivity contribution in [2.75, 3.05) is 13.1 Å². The summed E-state index contributed by atoms with van der Waals surface area (Å²) in [5, 5.41) is 18.4. The van der Waals surface area contributed by atoms with E-state index in [1.807, 2.05) is 0 Å². The summed E-state index contributed by atoms with van der Waals surface area (Å²) in [6, 6.07) is 0.300. The van der Waals surface area contributed by atoms with Crippen LogP contribution in [0.4, 0.5) is 0 Å². The van der Waals surface area contributed by atoms with Gasteiger partial charge in [-0.05, 0) is 0 Å². The molecule has 0 unspecified atom stereocenters. The molecule has 1 fully saturated rings. The van der Waals surface area contributed by atoms with Gasteiger partial charge in [0.2, 0.25) is 5.78 Å². The Balaban J connectivity index is 1.86. The molecule has 8 heteroatoms. The van der Waals surface area contributed by atoms with Gasteiger partial charge in [0.1, 0.15) is 5.69 Å². The molecule has 88 valence electrons. The van der Waals surface area contributed by atoms with Gasteiger partial charge >= 0.3 is 0 Å². The van der Waals surface area contributed by atoms with Crippen LogP contribution in [0.25, 0.3) is 0 Å². The molecule has 2 aromatic heterocycles. The Bertz CT molecular complexity index is 553. The lowest BCUT2D eigenvalue weighted by Gasteiger charge is -2.26. The van der Waals surface area contributed by atoms with Crippen molar-refractivity contribution in [1.82, 2.24) is 35.3 Å². The van der Waals surface area contributed by atoms with E-state index in [-0.39, 0.29) is 5.78 Å². The second-order valence-corrected chi connectivity index (χ2v) is 3.97. The van der Waals surface area contributed by atoms with Gasteiger partial charge in [0, 0.05) is 20.1 Å². The third-order valence-electron chi connectivity index (χ3n) is 2.82. The first-order chi connectivity index (χ1) is 8.25. The van der Waals surface area contributed by atoms with Crippen molar-refractivity contribution in [3.8, 4) is 0 Å². The van der Waals surface area contributed by atoms with Gasteiger partial charge in [0.15, 0.2) is 5.69 Å². The molecule has 0 saturated carbocycles. The highest BCUT2D eigenvalue weighted by atomic mass is 16.1. The summed E-state index contributed by atoms with van der Waals surface area (Å²) >= 11 is 0. The summed E-state index contributed by atoms with van der Waals surface area (Å²) in [6.07, 6.45) is 3.09. The first-order valence-corrected chi connectivity index (χ1v) is 5.27. The maximum absolute atomic E-state index is 12.0. The fourth-order valence-corrected chi connectivity index (χ4v) is 1.65. The average Bonchev–Trinajstić information content (AvgIpc) is 2.84. The van der Waals surface area contributed by atoms with E-state index in [1.54, 1.807) is 17.9 Å². The molecule has 0 bridgehead atoms. The van der Waals surface area contributed by atoms with Crippen LogP contribution in [-0.4, -0.2) is 48.9 Å². The first kappa shape index (κ1) is 10.1. The van der Waals surface area contributed by atoms with Crippen LogP contribution in [0.3, 0.4) is 0 Å². The Labute approximate surface area is 96.6 Å². The van der Waals surface area contributed by atoms with Crippen LogP contribution >= 0.6 is 0 Å². The van der Waals surface area contributed by atoms with Gasteiger partial charge in [-0.15, -0.1) is 10.2 Å². The zero-order valence-electron chi connectivity index (χ0n) is 9.24. The van der Waals surface area contributed by atoms with Crippen LogP contribution in [0.2, 0.25) is 0 Å². The molecule has 1 aliphatic rings. The second kappa shape index (κ2) is 3.74. The molecule has 1 aliphatic heterocycles. The lowest BCUT2D eigenvalue weighted by molar-refractivity contribution is 0.102. The van der Waals surface area contributed by atoms with E-state index < -0.39 is 0 Å². The van der Waals surface area contributed by atoms with Crippen LogP contribution in [0, 0.1) is 0 Å². The number of hydrogen-bond acceptors (Lipinski definition) is 6. The SMILES string of the molecule is Cn1nncc1C(=O)c1cn(C2CNC2)nn1. The minimum absolute atomic E-state index is 0.212. The number of hydrogen-bond donors (Lipinski definition) is 1. The zero-order chi connectivity index (χ0) is 11.8. The van der Waals surface area contributed by atoms with Crippen molar-refractivity contribution in [1.29, 1.82) is 0 Å². The van der Waals surface area contributed by atoms with Crippen LogP contribution in [0.5, 0.6) is 0 Å². The van der Waals surface area contributed by atoms with Crippen molar-refractivity contribution in [3.05, 3.63) is 23.8 Å². The topological polar surface area (TPSA) is 90.5 Å². The number of aromatic nitrogens is 6. The highest BCUT2D eigenvalue weighted by Gasteiger charge is 2.23. The molecular weight excluding hydrogens is 222 g/mol. The molecule has 0 amide bonds. The quantitative estimate of drug-likeness (QED) is 0.668. The van der Waals surface area contributed by atoms with Crippen molar-refractivity contribution in [2.45, 2.75) is 6.04 Å². The third kappa shape index (κ3) is 1.62. The van der Waals surface area contributed by atoms with Gasteiger partial charge in [-0.1, -0.05) is 10.4 Å². The first-order valence-electron chi connectivity index (χ1n) is 5.27. The van der Waals surface area contributed by atoms with Crippen molar-refractivity contribution >= 4 is 5.78 Å². The van der Waals surface area contributed by atoms with E-state index in [4.69, 9.17) is 0 Å². The van der Waals surface area contributed by atoms with Gasteiger partial charge in [0.25, 0.3) is 0 Å². The van der Waals surface area contributed by atoms with Gasteiger partial charge in [-0.2, -0.15) is 0 Å². The number of carbonyl (C=O) groups excluding carboxylic acids is 1. The summed E-state index contributed by atoms with van der Waals surface area (Å²) in [4.78, 5) is 12.0. The number of aryl methyl sites for hydroxylation is 1. The predicted octanol–water partition coefficient (Wildman–Crippen LogP) is -1.22. The van der Waals surface area contributed by atoms with Gasteiger partial charge < -0.3 is 5.32 Å². The van der Waals surface area contributed by atoms with E-state index >= 15 is 0 Å².